The van der Waals surface area contributed by atoms with E-state index in [1.54, 1.807) is 0 Å². The van der Waals surface area contributed by atoms with Crippen LogP contribution in [-0.2, 0) is 6.42 Å². The van der Waals surface area contributed by atoms with Crippen molar-refractivity contribution in [2.45, 2.75) is 36.5 Å². The lowest BCUT2D eigenvalue weighted by Crippen LogP contribution is -2.02. The Kier molecular flexibility index (Phi) is 5.30. The lowest BCUT2D eigenvalue weighted by Gasteiger charge is -2.09. The van der Waals surface area contributed by atoms with Crippen LogP contribution >= 0.6 is 22.6 Å². The minimum atomic E-state index is 0.760. The van der Waals surface area contributed by atoms with Crippen molar-refractivity contribution >= 4 is 28.3 Å². The SMILES string of the molecule is CCCCC(I)Cc1ccc(N)cc1. The van der Waals surface area contributed by atoms with Crippen molar-refractivity contribution < 1.29 is 0 Å². The lowest BCUT2D eigenvalue weighted by molar-refractivity contribution is 0.696. The predicted octanol–water partition coefficient (Wildman–Crippen LogP) is 3.81. The summed E-state index contributed by atoms with van der Waals surface area (Å²) in [7, 11) is 0. The van der Waals surface area contributed by atoms with Gasteiger partial charge in [-0.05, 0) is 30.5 Å². The molecular formula is C12H18IN. The molecule has 1 nitrogen and oxygen atoms in total. The van der Waals surface area contributed by atoms with Crippen LogP contribution in [0.5, 0.6) is 0 Å². The molecule has 0 saturated carbocycles. The molecule has 1 unspecified atom stereocenters. The first kappa shape index (κ1) is 11.8. The van der Waals surface area contributed by atoms with E-state index in [-0.39, 0.29) is 0 Å². The van der Waals surface area contributed by atoms with Crippen LogP contribution in [0.4, 0.5) is 5.69 Å². The van der Waals surface area contributed by atoms with Crippen LogP contribution in [-0.4, -0.2) is 3.92 Å². The van der Waals surface area contributed by atoms with E-state index < -0.39 is 0 Å². The van der Waals surface area contributed by atoms with Gasteiger partial charge in [0.15, 0.2) is 0 Å². The fourth-order valence-corrected chi connectivity index (χ4v) is 2.39. The Morgan fingerprint density at radius 1 is 1.29 bits per heavy atom. The summed E-state index contributed by atoms with van der Waals surface area (Å²) in [5.41, 5.74) is 7.89. The molecule has 0 aliphatic rings. The topological polar surface area (TPSA) is 26.0 Å². The van der Waals surface area contributed by atoms with Crippen molar-refractivity contribution in [3.05, 3.63) is 29.8 Å². The molecule has 0 bridgehead atoms. The number of halogens is 1. The zero-order valence-corrected chi connectivity index (χ0v) is 10.8. The summed E-state index contributed by atoms with van der Waals surface area (Å²) in [4.78, 5) is 0. The van der Waals surface area contributed by atoms with Crippen LogP contribution in [0.1, 0.15) is 31.7 Å². The number of hydrogen-bond acceptors (Lipinski definition) is 1. The molecule has 0 saturated heterocycles. The highest BCUT2D eigenvalue weighted by Crippen LogP contribution is 2.17. The fourth-order valence-electron chi connectivity index (χ4n) is 1.44. The molecule has 14 heavy (non-hydrogen) atoms. The van der Waals surface area contributed by atoms with Gasteiger partial charge in [-0.25, -0.2) is 0 Å². The zero-order valence-electron chi connectivity index (χ0n) is 8.67. The van der Waals surface area contributed by atoms with Gasteiger partial charge in [-0.15, -0.1) is 0 Å². The number of rotatable bonds is 5. The van der Waals surface area contributed by atoms with Crippen molar-refractivity contribution in [1.82, 2.24) is 0 Å². The summed E-state index contributed by atoms with van der Waals surface area (Å²) in [5.74, 6) is 0. The molecular weight excluding hydrogens is 285 g/mol. The second-order valence-electron chi connectivity index (χ2n) is 3.69. The van der Waals surface area contributed by atoms with Gasteiger partial charge in [-0.2, -0.15) is 0 Å². The molecule has 0 spiro atoms. The van der Waals surface area contributed by atoms with Crippen molar-refractivity contribution in [1.29, 1.82) is 0 Å². The molecule has 0 aliphatic carbocycles. The number of anilines is 1. The summed E-state index contributed by atoms with van der Waals surface area (Å²) in [6.45, 7) is 2.24. The maximum atomic E-state index is 5.64. The highest BCUT2D eigenvalue weighted by atomic mass is 127. The van der Waals surface area contributed by atoms with E-state index in [2.05, 4.69) is 41.6 Å². The van der Waals surface area contributed by atoms with Gasteiger partial charge < -0.3 is 5.73 Å². The van der Waals surface area contributed by atoms with E-state index in [1.165, 1.54) is 31.2 Å². The van der Waals surface area contributed by atoms with E-state index in [9.17, 15) is 0 Å². The molecule has 0 aromatic heterocycles. The second kappa shape index (κ2) is 6.27. The highest BCUT2D eigenvalue weighted by Gasteiger charge is 2.04. The van der Waals surface area contributed by atoms with Crippen LogP contribution in [0.3, 0.4) is 0 Å². The van der Waals surface area contributed by atoms with Crippen LogP contribution in [0, 0.1) is 0 Å². The maximum Gasteiger partial charge on any atom is 0.0314 e. The highest BCUT2D eigenvalue weighted by molar-refractivity contribution is 14.1. The summed E-state index contributed by atoms with van der Waals surface area (Å²) in [6.07, 6.45) is 5.12. The Morgan fingerprint density at radius 3 is 2.50 bits per heavy atom. The van der Waals surface area contributed by atoms with Crippen molar-refractivity contribution in [2.24, 2.45) is 0 Å². The summed E-state index contributed by atoms with van der Waals surface area (Å²) in [5, 5.41) is 0. The van der Waals surface area contributed by atoms with Gasteiger partial charge in [0.05, 0.1) is 0 Å². The molecule has 1 atom stereocenters. The molecule has 1 rings (SSSR count). The average Bonchev–Trinajstić information content (AvgIpc) is 2.18. The number of unbranched alkanes of at least 4 members (excludes halogenated alkanes) is 1. The van der Waals surface area contributed by atoms with E-state index in [4.69, 9.17) is 5.73 Å². The van der Waals surface area contributed by atoms with Gasteiger partial charge in [-0.3, -0.25) is 0 Å². The maximum absolute atomic E-state index is 5.64. The fraction of sp³-hybridized carbons (Fsp3) is 0.500. The van der Waals surface area contributed by atoms with E-state index in [0.717, 1.165) is 9.61 Å². The smallest absolute Gasteiger partial charge is 0.0314 e. The Balaban J connectivity index is 2.39. The van der Waals surface area contributed by atoms with Gasteiger partial charge >= 0.3 is 0 Å². The summed E-state index contributed by atoms with van der Waals surface area (Å²) < 4.78 is 0.760. The third-order valence-electron chi connectivity index (χ3n) is 2.31. The Labute approximate surface area is 100 Å². The number of nitrogen functional groups attached to an aromatic ring is 1. The van der Waals surface area contributed by atoms with Gasteiger partial charge in [0.2, 0.25) is 0 Å². The summed E-state index contributed by atoms with van der Waals surface area (Å²) >= 11 is 2.55. The molecule has 0 aliphatic heterocycles. The Bertz CT molecular complexity index is 256. The molecule has 78 valence electrons. The van der Waals surface area contributed by atoms with E-state index in [1.807, 2.05) is 12.1 Å². The average molecular weight is 303 g/mol. The number of alkyl halides is 1. The first-order valence-electron chi connectivity index (χ1n) is 5.21. The minimum absolute atomic E-state index is 0.760. The number of hydrogen-bond donors (Lipinski definition) is 1. The molecule has 0 fully saturated rings. The number of benzene rings is 1. The third-order valence-corrected chi connectivity index (χ3v) is 3.37. The summed E-state index contributed by atoms with van der Waals surface area (Å²) in [6, 6.07) is 8.23. The lowest BCUT2D eigenvalue weighted by atomic mass is 10.1. The van der Waals surface area contributed by atoms with Crippen molar-refractivity contribution in [3.8, 4) is 0 Å². The first-order chi connectivity index (χ1) is 6.72. The van der Waals surface area contributed by atoms with Gasteiger partial charge in [0.25, 0.3) is 0 Å². The Hall–Kier alpha value is -0.250. The van der Waals surface area contributed by atoms with E-state index in [0.29, 0.717) is 0 Å². The molecule has 0 amide bonds. The van der Waals surface area contributed by atoms with Crippen molar-refractivity contribution in [3.63, 3.8) is 0 Å². The third kappa shape index (κ3) is 4.31. The van der Waals surface area contributed by atoms with E-state index >= 15 is 0 Å². The van der Waals surface area contributed by atoms with Crippen LogP contribution < -0.4 is 5.73 Å². The molecule has 2 heteroatoms. The minimum Gasteiger partial charge on any atom is -0.399 e. The largest absolute Gasteiger partial charge is 0.399 e. The second-order valence-corrected chi connectivity index (χ2v) is 5.45. The molecule has 0 radical (unpaired) electrons. The molecule has 1 aromatic carbocycles. The number of nitrogens with two attached hydrogens (primary N) is 1. The zero-order chi connectivity index (χ0) is 10.4. The molecule has 0 heterocycles. The van der Waals surface area contributed by atoms with Crippen LogP contribution in [0.2, 0.25) is 0 Å². The first-order valence-corrected chi connectivity index (χ1v) is 6.45. The van der Waals surface area contributed by atoms with Gasteiger partial charge in [0, 0.05) is 9.61 Å². The normalized spacial score (nSPS) is 12.7. The van der Waals surface area contributed by atoms with Crippen LogP contribution in [0.25, 0.3) is 0 Å². The van der Waals surface area contributed by atoms with Gasteiger partial charge in [0.1, 0.15) is 0 Å². The monoisotopic (exact) mass is 303 g/mol. The van der Waals surface area contributed by atoms with Crippen molar-refractivity contribution in [2.75, 3.05) is 5.73 Å². The van der Waals surface area contributed by atoms with Crippen LogP contribution in [0.15, 0.2) is 24.3 Å². The molecule has 2 N–H and O–H groups in total. The Morgan fingerprint density at radius 2 is 1.93 bits per heavy atom. The molecule has 1 aromatic rings. The predicted molar refractivity (Wildman–Crippen MR) is 71.9 cm³/mol. The standard InChI is InChI=1S/C12H18IN/c1-2-3-4-11(13)9-10-5-7-12(14)8-6-10/h5-8,11H,2-4,9,14H2,1H3. The van der Waals surface area contributed by atoms with Gasteiger partial charge in [-0.1, -0.05) is 54.5 Å². The quantitative estimate of drug-likeness (QED) is 0.500.